The average Bonchev–Trinajstić information content (AvgIpc) is 2.04. The van der Waals surface area contributed by atoms with Gasteiger partial charge in [-0.25, -0.2) is 9.79 Å². The fourth-order valence-electron chi connectivity index (χ4n) is 1.58. The van der Waals surface area contributed by atoms with Gasteiger partial charge in [-0.15, -0.1) is 0 Å². The van der Waals surface area contributed by atoms with Crippen LogP contribution in [-0.4, -0.2) is 24.8 Å². The van der Waals surface area contributed by atoms with Crippen LogP contribution in [0.15, 0.2) is 4.99 Å². The molecule has 0 N–H and O–H groups in total. The third kappa shape index (κ3) is 3.61. The van der Waals surface area contributed by atoms with Crippen LogP contribution in [0.5, 0.6) is 0 Å². The predicted octanol–water partition coefficient (Wildman–Crippen LogP) is 1.87. The highest BCUT2D eigenvalue weighted by molar-refractivity contribution is 5.33. The van der Waals surface area contributed by atoms with Crippen molar-refractivity contribution in [2.45, 2.75) is 44.4 Å². The third-order valence-corrected chi connectivity index (χ3v) is 2.13. The Bertz CT molecular complexity index is 204. The van der Waals surface area contributed by atoms with Crippen molar-refractivity contribution < 1.29 is 18.3 Å². The van der Waals surface area contributed by atoms with E-state index >= 15 is 0 Å². The van der Waals surface area contributed by atoms with Crippen LogP contribution in [0.1, 0.15) is 25.7 Å². The monoisotopic (exact) mass is 191 g/mol. The molecule has 0 saturated heterocycles. The Labute approximate surface area is 74.8 Å². The van der Waals surface area contributed by atoms with Crippen LogP contribution < -0.4 is 0 Å². The number of isocyanates is 1. The highest BCUT2D eigenvalue weighted by Crippen LogP contribution is 2.24. The highest BCUT2D eigenvalue weighted by Gasteiger charge is 2.24. The number of ether oxygens (including phenoxy) is 1. The standard InChI is InChI=1S/C8H11F2NO2/c9-8(10)13-7-3-1-2-6(4-7)11-5-12/h6-8H,1-4H2. The van der Waals surface area contributed by atoms with Gasteiger partial charge in [-0.1, -0.05) is 0 Å². The van der Waals surface area contributed by atoms with Crippen molar-refractivity contribution in [3.8, 4) is 0 Å². The molecular formula is C8H11F2NO2. The number of aliphatic imine (C=N–C) groups is 1. The molecule has 3 nitrogen and oxygen atoms in total. The molecule has 5 heteroatoms. The molecule has 1 fully saturated rings. The zero-order valence-electron chi connectivity index (χ0n) is 7.08. The average molecular weight is 191 g/mol. The van der Waals surface area contributed by atoms with Crippen LogP contribution >= 0.6 is 0 Å². The van der Waals surface area contributed by atoms with Gasteiger partial charge in [-0.05, 0) is 25.7 Å². The first-order valence-electron chi connectivity index (χ1n) is 4.23. The number of nitrogens with zero attached hydrogens (tertiary/aromatic N) is 1. The quantitative estimate of drug-likeness (QED) is 0.504. The molecule has 1 aliphatic carbocycles. The Morgan fingerprint density at radius 3 is 2.85 bits per heavy atom. The van der Waals surface area contributed by atoms with Crippen molar-refractivity contribution >= 4 is 6.08 Å². The third-order valence-electron chi connectivity index (χ3n) is 2.13. The van der Waals surface area contributed by atoms with Crippen LogP contribution in [0.2, 0.25) is 0 Å². The Balaban J connectivity index is 2.37. The lowest BCUT2D eigenvalue weighted by molar-refractivity contribution is -0.170. The van der Waals surface area contributed by atoms with Gasteiger partial charge in [0, 0.05) is 0 Å². The van der Waals surface area contributed by atoms with Gasteiger partial charge in [0.1, 0.15) is 0 Å². The summed E-state index contributed by atoms with van der Waals surface area (Å²) in [5.74, 6) is 0. The summed E-state index contributed by atoms with van der Waals surface area (Å²) in [4.78, 5) is 13.4. The Morgan fingerprint density at radius 1 is 1.46 bits per heavy atom. The number of alkyl halides is 2. The van der Waals surface area contributed by atoms with Gasteiger partial charge in [0.25, 0.3) is 0 Å². The van der Waals surface area contributed by atoms with Crippen LogP contribution in [0.4, 0.5) is 8.78 Å². The summed E-state index contributed by atoms with van der Waals surface area (Å²) >= 11 is 0. The van der Waals surface area contributed by atoms with E-state index in [0.717, 1.165) is 12.8 Å². The second-order valence-corrected chi connectivity index (χ2v) is 3.06. The maximum Gasteiger partial charge on any atom is 0.345 e. The predicted molar refractivity (Wildman–Crippen MR) is 41.3 cm³/mol. The number of hydrogen-bond donors (Lipinski definition) is 0. The van der Waals surface area contributed by atoms with Crippen LogP contribution in [-0.2, 0) is 9.53 Å². The van der Waals surface area contributed by atoms with Gasteiger partial charge < -0.3 is 4.74 Å². The lowest BCUT2D eigenvalue weighted by Gasteiger charge is -2.25. The minimum Gasteiger partial charge on any atom is -0.320 e. The van der Waals surface area contributed by atoms with Crippen LogP contribution in [0, 0.1) is 0 Å². The topological polar surface area (TPSA) is 38.7 Å². The van der Waals surface area contributed by atoms with E-state index < -0.39 is 12.7 Å². The summed E-state index contributed by atoms with van der Waals surface area (Å²) in [5, 5.41) is 0. The zero-order valence-corrected chi connectivity index (χ0v) is 7.08. The number of hydrogen-bond acceptors (Lipinski definition) is 3. The smallest absolute Gasteiger partial charge is 0.320 e. The number of rotatable bonds is 3. The lowest BCUT2D eigenvalue weighted by atomic mass is 9.93. The van der Waals surface area contributed by atoms with E-state index in [9.17, 15) is 13.6 Å². The molecule has 74 valence electrons. The molecule has 0 radical (unpaired) electrons. The largest absolute Gasteiger partial charge is 0.345 e. The number of halogens is 2. The molecule has 13 heavy (non-hydrogen) atoms. The molecule has 0 bridgehead atoms. The number of carbonyl (C=O) groups excluding carboxylic acids is 1. The molecule has 0 aliphatic heterocycles. The SMILES string of the molecule is O=C=NC1CCCC(OC(F)F)C1. The summed E-state index contributed by atoms with van der Waals surface area (Å²) < 4.78 is 27.9. The highest BCUT2D eigenvalue weighted by atomic mass is 19.3. The molecule has 1 aliphatic rings. The molecule has 1 saturated carbocycles. The maximum atomic E-state index is 11.8. The molecule has 2 atom stereocenters. The molecule has 0 spiro atoms. The fourth-order valence-corrected chi connectivity index (χ4v) is 1.58. The van der Waals surface area contributed by atoms with E-state index in [-0.39, 0.29) is 6.04 Å². The van der Waals surface area contributed by atoms with E-state index in [1.54, 1.807) is 0 Å². The maximum absolute atomic E-state index is 11.8. The van der Waals surface area contributed by atoms with Crippen molar-refractivity contribution in [3.05, 3.63) is 0 Å². The summed E-state index contributed by atoms with van der Waals surface area (Å²) in [6, 6.07) is -0.185. The van der Waals surface area contributed by atoms with Gasteiger partial charge >= 0.3 is 6.61 Å². The van der Waals surface area contributed by atoms with Crippen molar-refractivity contribution in [3.63, 3.8) is 0 Å². The fraction of sp³-hybridized carbons (Fsp3) is 0.875. The first-order chi connectivity index (χ1) is 6.22. The van der Waals surface area contributed by atoms with Crippen LogP contribution in [0.3, 0.4) is 0 Å². The van der Waals surface area contributed by atoms with Gasteiger partial charge in [-0.2, -0.15) is 8.78 Å². The van der Waals surface area contributed by atoms with E-state index in [1.807, 2.05) is 0 Å². The first-order valence-corrected chi connectivity index (χ1v) is 4.23. The minimum absolute atomic E-state index is 0.185. The molecule has 0 aromatic carbocycles. The van der Waals surface area contributed by atoms with Crippen molar-refractivity contribution in [2.75, 3.05) is 0 Å². The van der Waals surface area contributed by atoms with Crippen molar-refractivity contribution in [2.24, 2.45) is 4.99 Å². The summed E-state index contributed by atoms with van der Waals surface area (Å²) in [6.45, 7) is -2.73. The van der Waals surface area contributed by atoms with Gasteiger partial charge in [0.2, 0.25) is 6.08 Å². The van der Waals surface area contributed by atoms with E-state index in [1.165, 1.54) is 6.08 Å². The van der Waals surface area contributed by atoms with E-state index in [2.05, 4.69) is 9.73 Å². The molecule has 1 rings (SSSR count). The summed E-state index contributed by atoms with van der Waals surface area (Å²) in [7, 11) is 0. The van der Waals surface area contributed by atoms with Gasteiger partial charge in [0.05, 0.1) is 12.1 Å². The Hall–Kier alpha value is -0.800. The Morgan fingerprint density at radius 2 is 2.23 bits per heavy atom. The summed E-state index contributed by atoms with van der Waals surface area (Å²) in [5.41, 5.74) is 0. The Kier molecular flexibility index (Phi) is 3.99. The zero-order chi connectivity index (χ0) is 9.68. The molecule has 0 aromatic rings. The van der Waals surface area contributed by atoms with E-state index in [0.29, 0.717) is 12.8 Å². The van der Waals surface area contributed by atoms with Crippen molar-refractivity contribution in [1.82, 2.24) is 0 Å². The van der Waals surface area contributed by atoms with Gasteiger partial charge in [0.15, 0.2) is 0 Å². The lowest BCUT2D eigenvalue weighted by Crippen LogP contribution is -2.26. The summed E-state index contributed by atoms with van der Waals surface area (Å²) in [6.07, 6.45) is 3.54. The minimum atomic E-state index is -2.73. The molecule has 0 amide bonds. The van der Waals surface area contributed by atoms with E-state index in [4.69, 9.17) is 0 Å². The second kappa shape index (κ2) is 5.04. The normalized spacial score (nSPS) is 28.5. The second-order valence-electron chi connectivity index (χ2n) is 3.06. The molecule has 2 unspecified atom stereocenters. The molecular weight excluding hydrogens is 180 g/mol. The first kappa shape index (κ1) is 10.3. The van der Waals surface area contributed by atoms with Crippen molar-refractivity contribution in [1.29, 1.82) is 0 Å². The van der Waals surface area contributed by atoms with Gasteiger partial charge in [-0.3, -0.25) is 0 Å². The molecule has 0 aromatic heterocycles. The van der Waals surface area contributed by atoms with Crippen LogP contribution in [0.25, 0.3) is 0 Å². The molecule has 0 heterocycles.